The van der Waals surface area contributed by atoms with Crippen molar-refractivity contribution in [1.29, 1.82) is 0 Å². The van der Waals surface area contributed by atoms with E-state index in [-0.39, 0.29) is 24.5 Å². The van der Waals surface area contributed by atoms with Crippen molar-refractivity contribution in [2.24, 2.45) is 0 Å². The summed E-state index contributed by atoms with van der Waals surface area (Å²) in [7, 11) is 1.28. The topological polar surface area (TPSA) is 87.0 Å². The van der Waals surface area contributed by atoms with Gasteiger partial charge in [-0.2, -0.15) is 13.2 Å². The zero-order valence-electron chi connectivity index (χ0n) is 17.0. The lowest BCUT2D eigenvalue weighted by Gasteiger charge is -2.09. The third kappa shape index (κ3) is 6.01. The van der Waals surface area contributed by atoms with Crippen LogP contribution in [0.15, 0.2) is 52.9 Å². The lowest BCUT2D eigenvalue weighted by atomic mass is 10.1. The Kier molecular flexibility index (Phi) is 7.37. The minimum absolute atomic E-state index is 0.109. The van der Waals surface area contributed by atoms with Gasteiger partial charge in [0.05, 0.1) is 25.8 Å². The molecule has 170 valence electrons. The highest BCUT2D eigenvalue weighted by atomic mass is 19.4. The molecule has 0 atom stereocenters. The number of esters is 1. The van der Waals surface area contributed by atoms with E-state index in [1.165, 1.54) is 7.11 Å². The van der Waals surface area contributed by atoms with E-state index in [1.54, 1.807) is 48.5 Å². The maximum atomic E-state index is 12.6. The van der Waals surface area contributed by atoms with E-state index in [4.69, 9.17) is 13.9 Å². The minimum atomic E-state index is -4.48. The van der Waals surface area contributed by atoms with Crippen molar-refractivity contribution < 1.29 is 41.4 Å². The van der Waals surface area contributed by atoms with Crippen LogP contribution < -0.4 is 10.1 Å². The van der Waals surface area contributed by atoms with E-state index in [1.807, 2.05) is 0 Å². The Bertz CT molecular complexity index is 1080. The van der Waals surface area contributed by atoms with E-state index in [0.29, 0.717) is 22.3 Å². The first-order valence-corrected chi connectivity index (χ1v) is 9.53. The number of carbonyl (C=O) groups excluding carboxylic acids is 2. The Hall–Kier alpha value is -3.53. The molecule has 10 heteroatoms. The number of nitrogens with one attached hydrogen (secondary N) is 1. The number of para-hydroxylation sites is 1. The zero-order chi connectivity index (χ0) is 23.1. The molecule has 0 radical (unpaired) electrons. The first kappa shape index (κ1) is 23.1. The van der Waals surface area contributed by atoms with E-state index < -0.39 is 31.3 Å². The van der Waals surface area contributed by atoms with Crippen molar-refractivity contribution in [3.63, 3.8) is 0 Å². The Morgan fingerprint density at radius 2 is 1.78 bits per heavy atom. The average molecular weight is 451 g/mol. The summed E-state index contributed by atoms with van der Waals surface area (Å²) >= 11 is 0. The molecule has 2 aromatic carbocycles. The number of benzene rings is 2. The van der Waals surface area contributed by atoms with Crippen LogP contribution in [0.3, 0.4) is 0 Å². The first-order valence-electron chi connectivity index (χ1n) is 9.53. The van der Waals surface area contributed by atoms with E-state index in [9.17, 15) is 22.8 Å². The summed E-state index contributed by atoms with van der Waals surface area (Å²) in [4.78, 5) is 24.0. The van der Waals surface area contributed by atoms with Crippen LogP contribution in [0.1, 0.15) is 26.5 Å². The lowest BCUT2D eigenvalue weighted by Crippen LogP contribution is -2.28. The summed E-state index contributed by atoms with van der Waals surface area (Å²) in [5.41, 5.74) is 0.977. The average Bonchev–Trinajstić information content (AvgIpc) is 3.14. The van der Waals surface area contributed by atoms with Gasteiger partial charge in [-0.3, -0.25) is 4.79 Å². The van der Waals surface area contributed by atoms with Gasteiger partial charge in [0.15, 0.2) is 5.76 Å². The second-order valence-electron chi connectivity index (χ2n) is 6.63. The third-order valence-electron chi connectivity index (χ3n) is 4.35. The molecule has 1 amide bonds. The molecule has 0 bridgehead atoms. The molecule has 0 aliphatic heterocycles. The largest absolute Gasteiger partial charge is 0.492 e. The highest BCUT2D eigenvalue weighted by molar-refractivity contribution is 5.99. The number of halogens is 3. The van der Waals surface area contributed by atoms with Crippen molar-refractivity contribution >= 4 is 22.8 Å². The molecule has 0 fully saturated rings. The van der Waals surface area contributed by atoms with E-state index in [2.05, 4.69) is 10.1 Å². The Balaban J connectivity index is 1.59. The van der Waals surface area contributed by atoms with Crippen LogP contribution in [0.25, 0.3) is 11.0 Å². The fourth-order valence-electron chi connectivity index (χ4n) is 2.91. The molecule has 32 heavy (non-hydrogen) atoms. The SMILES string of the molecule is COC(=O)c1ccc(OCCNC(=O)c2oc3ccccc3c2COCC(F)(F)F)cc1. The molecule has 1 aromatic heterocycles. The maximum Gasteiger partial charge on any atom is 0.411 e. The van der Waals surface area contributed by atoms with Gasteiger partial charge in [-0.05, 0) is 30.3 Å². The third-order valence-corrected chi connectivity index (χ3v) is 4.35. The van der Waals surface area contributed by atoms with E-state index in [0.717, 1.165) is 0 Å². The number of fused-ring (bicyclic) bond motifs is 1. The minimum Gasteiger partial charge on any atom is -0.492 e. The number of hydrogen-bond acceptors (Lipinski definition) is 6. The predicted octanol–water partition coefficient (Wildman–Crippen LogP) is 4.11. The van der Waals surface area contributed by atoms with Crippen LogP contribution in [0.5, 0.6) is 5.75 Å². The molecule has 0 unspecified atom stereocenters. The zero-order valence-corrected chi connectivity index (χ0v) is 17.0. The summed E-state index contributed by atoms with van der Waals surface area (Å²) in [5, 5.41) is 3.11. The van der Waals surface area contributed by atoms with Crippen LogP contribution in [-0.4, -0.2) is 44.9 Å². The van der Waals surface area contributed by atoms with Crippen LogP contribution in [0.2, 0.25) is 0 Å². The van der Waals surface area contributed by atoms with Gasteiger partial charge >= 0.3 is 12.1 Å². The predicted molar refractivity (Wildman–Crippen MR) is 108 cm³/mol. The van der Waals surface area contributed by atoms with Gasteiger partial charge in [-0.25, -0.2) is 4.79 Å². The van der Waals surface area contributed by atoms with Gasteiger partial charge in [-0.1, -0.05) is 18.2 Å². The molecule has 1 N–H and O–H groups in total. The number of ether oxygens (including phenoxy) is 3. The fourth-order valence-corrected chi connectivity index (χ4v) is 2.91. The molecule has 1 heterocycles. The normalized spacial score (nSPS) is 11.4. The van der Waals surface area contributed by atoms with Crippen LogP contribution in [0.4, 0.5) is 13.2 Å². The number of alkyl halides is 3. The smallest absolute Gasteiger partial charge is 0.411 e. The monoisotopic (exact) mass is 451 g/mol. The molecule has 7 nitrogen and oxygen atoms in total. The Morgan fingerprint density at radius 3 is 2.47 bits per heavy atom. The second-order valence-corrected chi connectivity index (χ2v) is 6.63. The highest BCUT2D eigenvalue weighted by Gasteiger charge is 2.28. The first-order chi connectivity index (χ1) is 15.3. The van der Waals surface area contributed by atoms with Crippen molar-refractivity contribution in [2.45, 2.75) is 12.8 Å². The Labute approximate surface area is 181 Å². The molecule has 0 aliphatic carbocycles. The number of hydrogen-bond donors (Lipinski definition) is 1. The maximum absolute atomic E-state index is 12.6. The number of furan rings is 1. The second kappa shape index (κ2) is 10.2. The number of amides is 1. The summed E-state index contributed by atoms with van der Waals surface area (Å²) in [6.07, 6.45) is -4.48. The molecule has 3 aromatic rings. The quantitative estimate of drug-likeness (QED) is 0.389. The highest BCUT2D eigenvalue weighted by Crippen LogP contribution is 2.27. The summed E-state index contributed by atoms with van der Waals surface area (Å²) in [5.74, 6) is -0.700. The lowest BCUT2D eigenvalue weighted by molar-refractivity contribution is -0.176. The summed E-state index contributed by atoms with van der Waals surface area (Å²) < 4.78 is 57.7. The van der Waals surface area contributed by atoms with Gasteiger partial charge in [0.2, 0.25) is 0 Å². The van der Waals surface area contributed by atoms with Crippen LogP contribution in [0, 0.1) is 0 Å². The molecule has 0 spiro atoms. The fraction of sp³-hybridized carbons (Fsp3) is 0.273. The summed E-state index contributed by atoms with van der Waals surface area (Å²) in [6.45, 7) is -1.64. The van der Waals surface area contributed by atoms with Crippen LogP contribution >= 0.6 is 0 Å². The van der Waals surface area contributed by atoms with Gasteiger partial charge in [-0.15, -0.1) is 0 Å². The molecule has 0 saturated heterocycles. The van der Waals surface area contributed by atoms with Crippen molar-refractivity contribution in [2.75, 3.05) is 26.9 Å². The number of methoxy groups -OCH3 is 1. The number of rotatable bonds is 9. The number of carbonyl (C=O) groups is 2. The van der Waals surface area contributed by atoms with Gasteiger partial charge in [0, 0.05) is 10.9 Å². The Morgan fingerprint density at radius 1 is 1.06 bits per heavy atom. The van der Waals surface area contributed by atoms with Crippen molar-refractivity contribution in [3.8, 4) is 5.75 Å². The van der Waals surface area contributed by atoms with Gasteiger partial charge < -0.3 is 23.9 Å². The standard InChI is InChI=1S/C22H20F3NO6/c1-29-21(28)14-6-8-15(9-7-14)31-11-10-26-20(27)19-17(12-30-13-22(23,24)25)16-4-2-3-5-18(16)32-19/h2-9H,10-13H2,1H3,(H,26,27). The van der Waals surface area contributed by atoms with E-state index >= 15 is 0 Å². The van der Waals surface area contributed by atoms with Gasteiger partial charge in [0.1, 0.15) is 24.5 Å². The van der Waals surface area contributed by atoms with Crippen molar-refractivity contribution in [1.82, 2.24) is 5.32 Å². The molecular formula is C22H20F3NO6. The molecule has 0 aliphatic rings. The van der Waals surface area contributed by atoms with Crippen molar-refractivity contribution in [3.05, 3.63) is 65.4 Å². The molecule has 3 rings (SSSR count). The molecule has 0 saturated carbocycles. The van der Waals surface area contributed by atoms with Gasteiger partial charge in [0.25, 0.3) is 5.91 Å². The van der Waals surface area contributed by atoms with Crippen LogP contribution in [-0.2, 0) is 16.1 Å². The summed E-state index contributed by atoms with van der Waals surface area (Å²) in [6, 6.07) is 12.9. The molecular weight excluding hydrogens is 431 g/mol.